The molecule has 1 fully saturated rings. The van der Waals surface area contributed by atoms with Crippen LogP contribution in [0, 0.1) is 5.92 Å². The average molecular weight is 360 g/mol. The van der Waals surface area contributed by atoms with Crippen LogP contribution in [0.2, 0.25) is 0 Å². The number of aromatic amines is 1. The number of ether oxygens (including phenoxy) is 1. The molecule has 0 bridgehead atoms. The minimum atomic E-state index is -0.176. The van der Waals surface area contributed by atoms with Crippen molar-refractivity contribution in [2.45, 2.75) is 37.9 Å². The number of aromatic nitrogens is 1. The van der Waals surface area contributed by atoms with Crippen LogP contribution in [0.15, 0.2) is 54.6 Å². The molecule has 3 atom stereocenters. The molecule has 4 heteroatoms. The summed E-state index contributed by atoms with van der Waals surface area (Å²) in [5.74, 6) is 0.381. The van der Waals surface area contributed by atoms with Crippen molar-refractivity contribution in [2.24, 2.45) is 5.92 Å². The molecule has 138 valence electrons. The number of fused-ring (bicyclic) bond motifs is 5. The number of hydrogen-bond acceptors (Lipinski definition) is 3. The van der Waals surface area contributed by atoms with Crippen molar-refractivity contribution < 1.29 is 9.53 Å². The number of likely N-dealkylation sites (tertiary alicyclic amines) is 1. The van der Waals surface area contributed by atoms with Gasteiger partial charge in [-0.1, -0.05) is 48.5 Å². The summed E-state index contributed by atoms with van der Waals surface area (Å²) in [5, 5.41) is 1.30. The zero-order valence-electron chi connectivity index (χ0n) is 15.5. The molecule has 0 unspecified atom stereocenters. The van der Waals surface area contributed by atoms with Gasteiger partial charge in [0.05, 0.1) is 7.11 Å². The molecule has 2 aliphatic rings. The fourth-order valence-electron chi connectivity index (χ4n) is 5.15. The molecular weight excluding hydrogens is 336 g/mol. The predicted molar refractivity (Wildman–Crippen MR) is 105 cm³/mol. The van der Waals surface area contributed by atoms with Gasteiger partial charge in [-0.15, -0.1) is 0 Å². The second kappa shape index (κ2) is 6.54. The smallest absolute Gasteiger partial charge is 0.323 e. The summed E-state index contributed by atoms with van der Waals surface area (Å²) >= 11 is 0. The Labute approximate surface area is 159 Å². The van der Waals surface area contributed by atoms with Crippen molar-refractivity contribution in [1.29, 1.82) is 0 Å². The third-order valence-electron chi connectivity index (χ3n) is 6.30. The molecule has 5 rings (SSSR count). The van der Waals surface area contributed by atoms with Crippen molar-refractivity contribution in [3.8, 4) is 0 Å². The summed E-state index contributed by atoms with van der Waals surface area (Å²) in [5.41, 5.74) is 5.16. The molecule has 3 aromatic rings. The van der Waals surface area contributed by atoms with Crippen LogP contribution in [0.4, 0.5) is 0 Å². The summed E-state index contributed by atoms with van der Waals surface area (Å²) < 4.78 is 5.18. The average Bonchev–Trinajstić information content (AvgIpc) is 3.26. The number of nitrogens with zero attached hydrogens (tertiary/aromatic N) is 1. The first-order valence-electron chi connectivity index (χ1n) is 9.73. The summed E-state index contributed by atoms with van der Waals surface area (Å²) in [7, 11) is 1.50. The molecule has 0 radical (unpaired) electrons. The van der Waals surface area contributed by atoms with Gasteiger partial charge in [-0.25, -0.2) is 0 Å². The molecule has 1 saturated heterocycles. The Bertz CT molecular complexity index is 978. The second-order valence-electron chi connectivity index (χ2n) is 7.74. The molecule has 4 nitrogen and oxygen atoms in total. The summed E-state index contributed by atoms with van der Waals surface area (Å²) in [6, 6.07) is 19.1. The Kier molecular flexibility index (Phi) is 4.01. The third-order valence-corrected chi connectivity index (χ3v) is 6.30. The van der Waals surface area contributed by atoms with Gasteiger partial charge in [0.2, 0.25) is 0 Å². The third kappa shape index (κ3) is 2.67. The number of esters is 1. The summed E-state index contributed by atoms with van der Waals surface area (Å²) in [4.78, 5) is 18.6. The van der Waals surface area contributed by atoms with E-state index in [0.717, 1.165) is 25.8 Å². The van der Waals surface area contributed by atoms with E-state index in [9.17, 15) is 4.79 Å². The van der Waals surface area contributed by atoms with Crippen LogP contribution in [-0.4, -0.2) is 29.0 Å². The van der Waals surface area contributed by atoms with Crippen molar-refractivity contribution in [1.82, 2.24) is 9.88 Å². The van der Waals surface area contributed by atoms with Gasteiger partial charge in [-0.05, 0) is 42.4 Å². The number of methoxy groups -OCH3 is 1. The minimum absolute atomic E-state index is 0.110. The molecule has 1 N–H and O–H groups in total. The Morgan fingerprint density at radius 3 is 2.74 bits per heavy atom. The van der Waals surface area contributed by atoms with Crippen LogP contribution in [0.3, 0.4) is 0 Å². The van der Waals surface area contributed by atoms with Gasteiger partial charge in [0, 0.05) is 29.2 Å². The number of aryl methyl sites for hydroxylation is 1. The van der Waals surface area contributed by atoms with Crippen LogP contribution < -0.4 is 0 Å². The van der Waals surface area contributed by atoms with Crippen molar-refractivity contribution >= 4 is 16.9 Å². The van der Waals surface area contributed by atoms with E-state index < -0.39 is 0 Å². The number of hydrogen-bond donors (Lipinski definition) is 1. The van der Waals surface area contributed by atoms with Crippen LogP contribution >= 0.6 is 0 Å². The maximum atomic E-state index is 12.6. The summed E-state index contributed by atoms with van der Waals surface area (Å²) in [6.07, 6.45) is 3.05. The van der Waals surface area contributed by atoms with Crippen molar-refractivity contribution in [2.75, 3.05) is 7.11 Å². The van der Waals surface area contributed by atoms with E-state index in [1.54, 1.807) is 0 Å². The van der Waals surface area contributed by atoms with Crippen molar-refractivity contribution in [3.63, 3.8) is 0 Å². The first-order valence-corrected chi connectivity index (χ1v) is 9.73. The molecule has 1 aliphatic heterocycles. The van der Waals surface area contributed by atoms with Crippen LogP contribution in [0.1, 0.15) is 35.7 Å². The molecule has 2 heterocycles. The monoisotopic (exact) mass is 360 g/mol. The van der Waals surface area contributed by atoms with E-state index in [0.29, 0.717) is 5.92 Å². The van der Waals surface area contributed by atoms with Gasteiger partial charge in [0.15, 0.2) is 0 Å². The fourth-order valence-corrected chi connectivity index (χ4v) is 5.15. The van der Waals surface area contributed by atoms with Gasteiger partial charge < -0.3 is 9.72 Å². The Balaban J connectivity index is 1.62. The second-order valence-corrected chi connectivity index (χ2v) is 7.74. The lowest BCUT2D eigenvalue weighted by atomic mass is 9.82. The highest BCUT2D eigenvalue weighted by Crippen LogP contribution is 2.50. The lowest BCUT2D eigenvalue weighted by Crippen LogP contribution is -2.38. The summed E-state index contributed by atoms with van der Waals surface area (Å²) in [6.45, 7) is 0.765. The standard InChI is InChI=1S/C23H24N2O2/c1-27-23(26)20-13-16-11-12-19-21(17-9-5-6-10-18(17)24-19)22(16)25(20)14-15-7-3-2-4-8-15/h2-10,16,20,22,24H,11-14H2,1H3/t16-,20-,22+/m0/s1. The molecular formula is C23H24N2O2. The van der Waals surface area contributed by atoms with E-state index in [1.807, 2.05) is 6.07 Å². The normalized spacial score (nSPS) is 24.6. The number of nitrogens with one attached hydrogen (secondary N) is 1. The van der Waals surface area contributed by atoms with E-state index in [4.69, 9.17) is 4.74 Å². The van der Waals surface area contributed by atoms with Crippen LogP contribution in [-0.2, 0) is 22.5 Å². The first kappa shape index (κ1) is 16.6. The van der Waals surface area contributed by atoms with Gasteiger partial charge in [-0.2, -0.15) is 0 Å². The topological polar surface area (TPSA) is 45.3 Å². The zero-order chi connectivity index (χ0) is 18.4. The highest BCUT2D eigenvalue weighted by Gasteiger charge is 2.48. The maximum absolute atomic E-state index is 12.6. The molecule has 27 heavy (non-hydrogen) atoms. The number of carbonyl (C=O) groups excluding carboxylic acids is 1. The SMILES string of the molecule is COC(=O)[C@@H]1C[C@@H]2CCc3[nH]c4ccccc4c3[C@@H]2N1Cc1ccccc1. The van der Waals surface area contributed by atoms with Gasteiger partial charge in [0.25, 0.3) is 0 Å². The lowest BCUT2D eigenvalue weighted by Gasteiger charge is -2.34. The molecule has 1 aromatic heterocycles. The van der Waals surface area contributed by atoms with Crippen molar-refractivity contribution in [3.05, 3.63) is 71.4 Å². The lowest BCUT2D eigenvalue weighted by molar-refractivity contribution is -0.146. The maximum Gasteiger partial charge on any atom is 0.323 e. The Morgan fingerprint density at radius 2 is 1.93 bits per heavy atom. The van der Waals surface area contributed by atoms with E-state index in [2.05, 4.69) is 58.4 Å². The number of benzene rings is 2. The molecule has 2 aromatic carbocycles. The van der Waals surface area contributed by atoms with E-state index in [1.165, 1.54) is 34.8 Å². The predicted octanol–water partition coefficient (Wildman–Crippen LogP) is 4.22. The largest absolute Gasteiger partial charge is 0.468 e. The number of para-hydroxylation sites is 1. The quantitative estimate of drug-likeness (QED) is 0.712. The number of carbonyl (C=O) groups is 1. The Hall–Kier alpha value is -2.59. The van der Waals surface area contributed by atoms with E-state index >= 15 is 0 Å². The molecule has 0 saturated carbocycles. The number of rotatable bonds is 3. The van der Waals surface area contributed by atoms with Crippen LogP contribution in [0.5, 0.6) is 0 Å². The van der Waals surface area contributed by atoms with Gasteiger partial charge in [-0.3, -0.25) is 9.69 Å². The molecule has 0 spiro atoms. The minimum Gasteiger partial charge on any atom is -0.468 e. The van der Waals surface area contributed by atoms with Crippen LogP contribution in [0.25, 0.3) is 10.9 Å². The van der Waals surface area contributed by atoms with E-state index in [-0.39, 0.29) is 18.1 Å². The van der Waals surface area contributed by atoms with Gasteiger partial charge in [0.1, 0.15) is 6.04 Å². The first-order chi connectivity index (χ1) is 13.3. The highest BCUT2D eigenvalue weighted by atomic mass is 16.5. The molecule has 1 aliphatic carbocycles. The van der Waals surface area contributed by atoms with Gasteiger partial charge >= 0.3 is 5.97 Å². The highest BCUT2D eigenvalue weighted by molar-refractivity contribution is 5.86. The fraction of sp³-hybridized carbons (Fsp3) is 0.348. The number of H-pyrrole nitrogens is 1. The Morgan fingerprint density at radius 1 is 1.15 bits per heavy atom. The molecule has 0 amide bonds. The zero-order valence-corrected chi connectivity index (χ0v) is 15.5.